The number of rotatable bonds is 3. The molecule has 0 aliphatic heterocycles. The van der Waals surface area contributed by atoms with Crippen LogP contribution in [0.3, 0.4) is 0 Å². The minimum atomic E-state index is -3.72. The summed E-state index contributed by atoms with van der Waals surface area (Å²) in [6.45, 7) is 0. The summed E-state index contributed by atoms with van der Waals surface area (Å²) in [6, 6.07) is 7.40. The highest BCUT2D eigenvalue weighted by Gasteiger charge is 2.13. The van der Waals surface area contributed by atoms with Crippen molar-refractivity contribution in [2.24, 2.45) is 0 Å². The van der Waals surface area contributed by atoms with E-state index < -0.39 is 21.6 Å². The van der Waals surface area contributed by atoms with E-state index in [1.54, 1.807) is 6.07 Å². The third kappa shape index (κ3) is 8.72. The number of quaternary nitrogens is 1. The first-order valence-corrected chi connectivity index (χ1v) is 6.94. The van der Waals surface area contributed by atoms with Crippen LogP contribution in [0.25, 0.3) is 0 Å². The van der Waals surface area contributed by atoms with Crippen LogP contribution in [0.2, 0.25) is 0 Å². The lowest BCUT2D eigenvalue weighted by atomic mass is 10.4. The minimum Gasteiger partial charge on any atom is -0.549 e. The number of nitrogens with zero attached hydrogens (tertiary/aromatic N) is 1. The fraction of sp³-hybridized carbons (Fsp3) is 0.417. The number of carboxylic acids is 1. The van der Waals surface area contributed by atoms with Gasteiger partial charge in [-0.1, -0.05) is 18.2 Å². The molecule has 0 saturated heterocycles. The molecule has 1 rings (SSSR count). The molecule has 6 heteroatoms. The molecule has 0 atom stereocenters. The van der Waals surface area contributed by atoms with Crippen LogP contribution in [0.5, 0.6) is 0 Å². The van der Waals surface area contributed by atoms with E-state index in [-0.39, 0.29) is 4.90 Å². The first kappa shape index (κ1) is 16.6. The van der Waals surface area contributed by atoms with E-state index in [4.69, 9.17) is 0 Å². The quantitative estimate of drug-likeness (QED) is 0.698. The summed E-state index contributed by atoms with van der Waals surface area (Å²) in [6.07, 6.45) is 0. The van der Waals surface area contributed by atoms with E-state index in [1.807, 2.05) is 0 Å². The van der Waals surface area contributed by atoms with Gasteiger partial charge in [0.05, 0.1) is 44.8 Å². The molecule has 0 bridgehead atoms. The molecule has 1 aromatic rings. The predicted molar refractivity (Wildman–Crippen MR) is 67.5 cm³/mol. The molecule has 0 aliphatic carbocycles. The Morgan fingerprint density at radius 3 is 1.83 bits per heavy atom. The molecule has 1 aromatic carbocycles. The van der Waals surface area contributed by atoms with Crippen molar-refractivity contribution >= 4 is 15.8 Å². The predicted octanol–water partition coefficient (Wildman–Crippen LogP) is -0.467. The standard InChI is InChI=1S/C8H8O4S.C4H12N/c9-8(10)6-13(11,12)7-4-2-1-3-5-7;1-5(2,3)4/h1-5H,6H2,(H,9,10);1-4H3/q;+1/p-1. The Kier molecular flexibility index (Phi) is 6.00. The largest absolute Gasteiger partial charge is 0.549 e. The number of carboxylic acid groups (broad SMARTS) is 1. The van der Waals surface area contributed by atoms with Crippen LogP contribution in [0, 0.1) is 0 Å². The van der Waals surface area contributed by atoms with Crippen LogP contribution in [0.4, 0.5) is 0 Å². The fourth-order valence-electron chi connectivity index (χ4n) is 0.866. The average Bonchev–Trinajstić information content (AvgIpc) is 2.14. The Hall–Kier alpha value is -1.40. The highest BCUT2D eigenvalue weighted by atomic mass is 32.2. The molecule has 0 heterocycles. The Balaban J connectivity index is 0.000000494. The Labute approximate surface area is 108 Å². The molecule has 0 amide bonds. The van der Waals surface area contributed by atoms with Gasteiger partial charge in [0.1, 0.15) is 0 Å². The van der Waals surface area contributed by atoms with Gasteiger partial charge < -0.3 is 14.4 Å². The van der Waals surface area contributed by atoms with Crippen molar-refractivity contribution in [2.45, 2.75) is 4.90 Å². The zero-order valence-corrected chi connectivity index (χ0v) is 11.9. The zero-order chi connectivity index (χ0) is 14.4. The number of aliphatic carboxylic acids is 1. The Morgan fingerprint density at radius 1 is 1.11 bits per heavy atom. The monoisotopic (exact) mass is 273 g/mol. The smallest absolute Gasteiger partial charge is 0.183 e. The molecule has 0 saturated carbocycles. The molecule has 102 valence electrons. The van der Waals surface area contributed by atoms with E-state index >= 15 is 0 Å². The molecular weight excluding hydrogens is 254 g/mol. The SMILES string of the molecule is C[N+](C)(C)C.O=C([O-])CS(=O)(=O)c1ccccc1. The Morgan fingerprint density at radius 2 is 1.50 bits per heavy atom. The average molecular weight is 273 g/mol. The van der Waals surface area contributed by atoms with Crippen LogP contribution in [-0.2, 0) is 14.6 Å². The second-order valence-corrected chi connectivity index (χ2v) is 7.12. The van der Waals surface area contributed by atoms with Crippen molar-refractivity contribution in [3.8, 4) is 0 Å². The summed E-state index contributed by atoms with van der Waals surface area (Å²) < 4.78 is 23.4. The van der Waals surface area contributed by atoms with E-state index in [0.29, 0.717) is 0 Å². The summed E-state index contributed by atoms with van der Waals surface area (Å²) >= 11 is 0. The van der Waals surface area contributed by atoms with E-state index in [1.165, 1.54) is 24.3 Å². The van der Waals surface area contributed by atoms with Gasteiger partial charge in [0.2, 0.25) is 0 Å². The first-order chi connectivity index (χ1) is 8.02. The second-order valence-electron chi connectivity index (χ2n) is 5.13. The Bertz CT molecular complexity index is 469. The van der Waals surface area contributed by atoms with Crippen molar-refractivity contribution in [3.05, 3.63) is 30.3 Å². The lowest BCUT2D eigenvalue weighted by Gasteiger charge is -2.14. The van der Waals surface area contributed by atoms with Gasteiger partial charge in [-0.25, -0.2) is 8.42 Å². The van der Waals surface area contributed by atoms with Gasteiger partial charge in [0, 0.05) is 0 Å². The van der Waals surface area contributed by atoms with Crippen LogP contribution in [-0.4, -0.2) is 52.8 Å². The highest BCUT2D eigenvalue weighted by molar-refractivity contribution is 7.92. The minimum absolute atomic E-state index is 0.000741. The second kappa shape index (κ2) is 6.51. The summed E-state index contributed by atoms with van der Waals surface area (Å²) in [7, 11) is 4.78. The molecule has 0 unspecified atom stereocenters. The molecule has 5 nitrogen and oxygen atoms in total. The summed E-state index contributed by atoms with van der Waals surface area (Å²) in [5.41, 5.74) is 0. The van der Waals surface area contributed by atoms with Crippen LogP contribution < -0.4 is 5.11 Å². The number of carbonyl (C=O) groups excluding carboxylic acids is 1. The molecule has 0 spiro atoms. The maximum atomic E-state index is 11.2. The molecule has 0 aliphatic rings. The molecule has 18 heavy (non-hydrogen) atoms. The number of hydrogen-bond acceptors (Lipinski definition) is 4. The van der Waals surface area contributed by atoms with E-state index in [0.717, 1.165) is 4.48 Å². The van der Waals surface area contributed by atoms with Crippen molar-refractivity contribution in [2.75, 3.05) is 33.9 Å². The molecule has 0 N–H and O–H groups in total. The van der Waals surface area contributed by atoms with Gasteiger partial charge in [-0.05, 0) is 12.1 Å². The van der Waals surface area contributed by atoms with E-state index in [9.17, 15) is 18.3 Å². The van der Waals surface area contributed by atoms with Crippen LogP contribution in [0.1, 0.15) is 0 Å². The van der Waals surface area contributed by atoms with Gasteiger partial charge in [0.15, 0.2) is 9.84 Å². The molecular formula is C12H19NO4S. The lowest BCUT2D eigenvalue weighted by Crippen LogP contribution is -2.30. The third-order valence-corrected chi connectivity index (χ3v) is 3.02. The maximum absolute atomic E-state index is 11.2. The molecule has 0 fully saturated rings. The van der Waals surface area contributed by atoms with Crippen molar-refractivity contribution in [1.82, 2.24) is 0 Å². The van der Waals surface area contributed by atoms with Gasteiger partial charge in [-0.15, -0.1) is 0 Å². The highest BCUT2D eigenvalue weighted by Crippen LogP contribution is 2.08. The zero-order valence-electron chi connectivity index (χ0n) is 11.1. The van der Waals surface area contributed by atoms with E-state index in [2.05, 4.69) is 28.2 Å². The van der Waals surface area contributed by atoms with Gasteiger partial charge in [0.25, 0.3) is 0 Å². The van der Waals surface area contributed by atoms with Crippen molar-refractivity contribution < 1.29 is 22.8 Å². The van der Waals surface area contributed by atoms with Gasteiger partial charge in [-0.2, -0.15) is 0 Å². The maximum Gasteiger partial charge on any atom is 0.183 e. The number of hydrogen-bond donors (Lipinski definition) is 0. The first-order valence-electron chi connectivity index (χ1n) is 5.29. The molecule has 0 aromatic heterocycles. The number of sulfone groups is 1. The van der Waals surface area contributed by atoms with Gasteiger partial charge >= 0.3 is 0 Å². The molecule has 0 radical (unpaired) electrons. The summed E-state index contributed by atoms with van der Waals surface area (Å²) in [5, 5.41) is 10.1. The fourth-order valence-corrected chi connectivity index (χ4v) is 1.92. The number of carbonyl (C=O) groups is 1. The van der Waals surface area contributed by atoms with Crippen molar-refractivity contribution in [1.29, 1.82) is 0 Å². The summed E-state index contributed by atoms with van der Waals surface area (Å²) in [5.74, 6) is -2.57. The van der Waals surface area contributed by atoms with Crippen molar-refractivity contribution in [3.63, 3.8) is 0 Å². The number of benzene rings is 1. The lowest BCUT2D eigenvalue weighted by molar-refractivity contribution is -0.849. The normalized spacial score (nSPS) is 11.3. The third-order valence-electron chi connectivity index (χ3n) is 1.41. The topological polar surface area (TPSA) is 74.3 Å². The van der Waals surface area contributed by atoms with Gasteiger partial charge in [-0.3, -0.25) is 0 Å². The van der Waals surface area contributed by atoms with Crippen LogP contribution in [0.15, 0.2) is 35.2 Å². The summed E-state index contributed by atoms with van der Waals surface area (Å²) in [4.78, 5) is 10.1. The van der Waals surface area contributed by atoms with Crippen LogP contribution >= 0.6 is 0 Å².